The Bertz CT molecular complexity index is 631. The summed E-state index contributed by atoms with van der Waals surface area (Å²) in [5.74, 6) is -0.167. The number of nitrogens with two attached hydrogens (primary N) is 1. The summed E-state index contributed by atoms with van der Waals surface area (Å²) in [5.41, 5.74) is 8.72. The van der Waals surface area contributed by atoms with Gasteiger partial charge >= 0.3 is 0 Å². The fourth-order valence-corrected chi connectivity index (χ4v) is 1.88. The number of amides is 1. The highest BCUT2D eigenvalue weighted by atomic mass is 16.5. The molecule has 2 aromatic rings. The number of fused-ring (bicyclic) bond motifs is 1. The first-order valence-electron chi connectivity index (χ1n) is 6.45. The number of aromatic nitrogens is 1. The van der Waals surface area contributed by atoms with Crippen LogP contribution < -0.4 is 11.1 Å². The molecule has 0 radical (unpaired) electrons. The fraction of sp³-hybridized carbons (Fsp3) is 0.267. The molecule has 0 unspecified atom stereocenters. The largest absolute Gasteiger partial charge is 0.397 e. The lowest BCUT2D eigenvalue weighted by Crippen LogP contribution is -2.27. The molecule has 4 N–H and O–H groups in total. The molecule has 0 saturated carbocycles. The zero-order valence-electron chi connectivity index (χ0n) is 11.5. The van der Waals surface area contributed by atoms with E-state index in [2.05, 4.69) is 16.9 Å². The SMILES string of the molecule is C=C(C)COCCNC(=O)c1cc2cccc(N)c2[nH]1. The Labute approximate surface area is 117 Å². The third-order valence-corrected chi connectivity index (χ3v) is 2.81. The van der Waals surface area contributed by atoms with E-state index in [-0.39, 0.29) is 5.91 Å². The number of anilines is 1. The molecule has 5 nitrogen and oxygen atoms in total. The lowest BCUT2D eigenvalue weighted by atomic mass is 10.2. The van der Waals surface area contributed by atoms with Crippen LogP contribution in [0.25, 0.3) is 10.9 Å². The third kappa shape index (κ3) is 3.39. The minimum absolute atomic E-state index is 0.167. The van der Waals surface area contributed by atoms with E-state index in [1.807, 2.05) is 19.1 Å². The number of carbonyl (C=O) groups is 1. The van der Waals surface area contributed by atoms with Crippen molar-refractivity contribution in [2.75, 3.05) is 25.5 Å². The van der Waals surface area contributed by atoms with Crippen molar-refractivity contribution in [3.8, 4) is 0 Å². The predicted octanol–water partition coefficient (Wildman–Crippen LogP) is 2.07. The van der Waals surface area contributed by atoms with Crippen LogP contribution in [0.15, 0.2) is 36.4 Å². The first-order valence-corrected chi connectivity index (χ1v) is 6.45. The van der Waals surface area contributed by atoms with Crippen molar-refractivity contribution >= 4 is 22.5 Å². The highest BCUT2D eigenvalue weighted by molar-refractivity contribution is 6.00. The molecule has 2 rings (SSSR count). The number of carbonyl (C=O) groups excluding carboxylic acids is 1. The molecule has 0 bridgehead atoms. The van der Waals surface area contributed by atoms with Gasteiger partial charge in [0.15, 0.2) is 0 Å². The number of ether oxygens (including phenoxy) is 1. The minimum Gasteiger partial charge on any atom is -0.397 e. The number of H-pyrrole nitrogens is 1. The number of nitrogen functional groups attached to an aromatic ring is 1. The van der Waals surface area contributed by atoms with Crippen molar-refractivity contribution in [2.24, 2.45) is 0 Å². The summed E-state index contributed by atoms with van der Waals surface area (Å²) in [6.45, 7) is 7.06. The van der Waals surface area contributed by atoms with Crippen LogP contribution in [0.1, 0.15) is 17.4 Å². The van der Waals surface area contributed by atoms with Gasteiger partial charge in [0.05, 0.1) is 24.4 Å². The molecular weight excluding hydrogens is 254 g/mol. The van der Waals surface area contributed by atoms with Crippen molar-refractivity contribution in [3.63, 3.8) is 0 Å². The van der Waals surface area contributed by atoms with Crippen molar-refractivity contribution < 1.29 is 9.53 Å². The van der Waals surface area contributed by atoms with Crippen molar-refractivity contribution in [1.82, 2.24) is 10.3 Å². The Hall–Kier alpha value is -2.27. The normalized spacial score (nSPS) is 10.7. The summed E-state index contributed by atoms with van der Waals surface area (Å²) in [5, 5.41) is 3.71. The Morgan fingerprint density at radius 1 is 1.50 bits per heavy atom. The molecule has 0 saturated heterocycles. The molecule has 1 aromatic carbocycles. The second-order valence-electron chi connectivity index (χ2n) is 4.76. The monoisotopic (exact) mass is 273 g/mol. The number of benzene rings is 1. The number of rotatable bonds is 6. The molecule has 20 heavy (non-hydrogen) atoms. The van der Waals surface area contributed by atoms with E-state index >= 15 is 0 Å². The summed E-state index contributed by atoms with van der Waals surface area (Å²) >= 11 is 0. The van der Waals surface area contributed by atoms with Gasteiger partial charge in [-0.05, 0) is 19.1 Å². The first kappa shape index (κ1) is 14.1. The molecule has 0 aliphatic rings. The van der Waals surface area contributed by atoms with E-state index in [9.17, 15) is 4.79 Å². The van der Waals surface area contributed by atoms with Crippen LogP contribution >= 0.6 is 0 Å². The van der Waals surface area contributed by atoms with Gasteiger partial charge in [-0.2, -0.15) is 0 Å². The molecule has 0 spiro atoms. The van der Waals surface area contributed by atoms with E-state index in [4.69, 9.17) is 10.5 Å². The highest BCUT2D eigenvalue weighted by Crippen LogP contribution is 2.20. The van der Waals surface area contributed by atoms with Crippen molar-refractivity contribution in [3.05, 3.63) is 42.1 Å². The van der Waals surface area contributed by atoms with Gasteiger partial charge in [-0.15, -0.1) is 0 Å². The van der Waals surface area contributed by atoms with Gasteiger partial charge in [-0.3, -0.25) is 4.79 Å². The van der Waals surface area contributed by atoms with Gasteiger partial charge in [-0.25, -0.2) is 0 Å². The Morgan fingerprint density at radius 3 is 3.00 bits per heavy atom. The topological polar surface area (TPSA) is 80.1 Å². The molecule has 1 amide bonds. The van der Waals surface area contributed by atoms with Crippen LogP contribution in [0, 0.1) is 0 Å². The maximum absolute atomic E-state index is 12.0. The summed E-state index contributed by atoms with van der Waals surface area (Å²) < 4.78 is 5.31. The Morgan fingerprint density at radius 2 is 2.30 bits per heavy atom. The highest BCUT2D eigenvalue weighted by Gasteiger charge is 2.09. The maximum Gasteiger partial charge on any atom is 0.267 e. The average Bonchev–Trinajstić information content (AvgIpc) is 2.83. The van der Waals surface area contributed by atoms with E-state index in [0.717, 1.165) is 16.5 Å². The van der Waals surface area contributed by atoms with Crippen LogP contribution in [-0.2, 0) is 4.74 Å². The lowest BCUT2D eigenvalue weighted by molar-refractivity contribution is 0.0922. The first-order chi connectivity index (χ1) is 9.58. The van der Waals surface area contributed by atoms with Gasteiger partial charge in [0.25, 0.3) is 5.91 Å². The van der Waals surface area contributed by atoms with Gasteiger partial charge in [-0.1, -0.05) is 24.3 Å². The number of hydrogen-bond donors (Lipinski definition) is 3. The van der Waals surface area contributed by atoms with Crippen LogP contribution in [0.5, 0.6) is 0 Å². The Kier molecular flexibility index (Phi) is 4.42. The van der Waals surface area contributed by atoms with E-state index in [1.54, 1.807) is 12.1 Å². The summed E-state index contributed by atoms with van der Waals surface area (Å²) in [6.07, 6.45) is 0. The Balaban J connectivity index is 1.91. The fourth-order valence-electron chi connectivity index (χ4n) is 1.88. The lowest BCUT2D eigenvalue weighted by Gasteiger charge is -2.05. The summed E-state index contributed by atoms with van der Waals surface area (Å²) in [4.78, 5) is 15.0. The molecule has 1 heterocycles. The second kappa shape index (κ2) is 6.25. The number of para-hydroxylation sites is 1. The molecular formula is C15H19N3O2. The quantitative estimate of drug-likeness (QED) is 0.428. The molecule has 5 heteroatoms. The zero-order chi connectivity index (χ0) is 14.5. The number of aromatic amines is 1. The zero-order valence-corrected chi connectivity index (χ0v) is 11.5. The molecule has 0 atom stereocenters. The van der Waals surface area contributed by atoms with Gasteiger partial charge in [0, 0.05) is 11.9 Å². The van der Waals surface area contributed by atoms with Crippen LogP contribution in [0.4, 0.5) is 5.69 Å². The number of hydrogen-bond acceptors (Lipinski definition) is 3. The molecule has 0 fully saturated rings. The van der Waals surface area contributed by atoms with E-state index < -0.39 is 0 Å². The van der Waals surface area contributed by atoms with E-state index in [1.165, 1.54) is 0 Å². The average molecular weight is 273 g/mol. The molecule has 0 aliphatic heterocycles. The summed E-state index contributed by atoms with van der Waals surface area (Å²) in [7, 11) is 0. The summed E-state index contributed by atoms with van der Waals surface area (Å²) in [6, 6.07) is 7.36. The third-order valence-electron chi connectivity index (χ3n) is 2.81. The second-order valence-corrected chi connectivity index (χ2v) is 4.76. The van der Waals surface area contributed by atoms with Crippen LogP contribution in [-0.4, -0.2) is 30.6 Å². The molecule has 0 aliphatic carbocycles. The van der Waals surface area contributed by atoms with Crippen LogP contribution in [0.2, 0.25) is 0 Å². The van der Waals surface area contributed by atoms with Crippen molar-refractivity contribution in [2.45, 2.75) is 6.92 Å². The van der Waals surface area contributed by atoms with Gasteiger partial charge in [0.1, 0.15) is 5.69 Å². The maximum atomic E-state index is 12.0. The minimum atomic E-state index is -0.167. The smallest absolute Gasteiger partial charge is 0.267 e. The predicted molar refractivity (Wildman–Crippen MR) is 80.7 cm³/mol. The molecule has 106 valence electrons. The van der Waals surface area contributed by atoms with Crippen molar-refractivity contribution in [1.29, 1.82) is 0 Å². The van der Waals surface area contributed by atoms with Crippen LogP contribution in [0.3, 0.4) is 0 Å². The van der Waals surface area contributed by atoms with Gasteiger partial charge in [0.2, 0.25) is 0 Å². The van der Waals surface area contributed by atoms with Gasteiger partial charge < -0.3 is 20.8 Å². The standard InChI is InChI=1S/C15H19N3O2/c1-10(2)9-20-7-6-17-15(19)13-8-11-4-3-5-12(16)14(11)18-13/h3-5,8,18H,1,6-7,9,16H2,2H3,(H,17,19). The van der Waals surface area contributed by atoms with E-state index in [0.29, 0.717) is 31.1 Å². The molecule has 1 aromatic heterocycles. The number of nitrogens with one attached hydrogen (secondary N) is 2.